The SMILES string of the molecule is NSc1ccc(CC(=O)O)cc1. The van der Waals surface area contributed by atoms with Crippen molar-refractivity contribution in [2.45, 2.75) is 11.3 Å². The van der Waals surface area contributed by atoms with E-state index in [-0.39, 0.29) is 6.42 Å². The molecular formula is C8H9NO2S. The zero-order valence-electron chi connectivity index (χ0n) is 6.36. The number of carboxylic acids is 1. The van der Waals surface area contributed by atoms with Gasteiger partial charge in [-0.3, -0.25) is 9.93 Å². The molecular weight excluding hydrogens is 174 g/mol. The molecule has 0 radical (unpaired) electrons. The summed E-state index contributed by atoms with van der Waals surface area (Å²) in [5, 5.41) is 13.8. The van der Waals surface area contributed by atoms with Gasteiger partial charge < -0.3 is 5.11 Å². The van der Waals surface area contributed by atoms with E-state index in [1.54, 1.807) is 12.1 Å². The first-order valence-electron chi connectivity index (χ1n) is 3.40. The summed E-state index contributed by atoms with van der Waals surface area (Å²) in [5.41, 5.74) is 0.792. The lowest BCUT2D eigenvalue weighted by Crippen LogP contribution is -1.99. The molecule has 0 saturated carbocycles. The Balaban J connectivity index is 2.71. The van der Waals surface area contributed by atoms with Gasteiger partial charge >= 0.3 is 5.97 Å². The minimum Gasteiger partial charge on any atom is -0.481 e. The van der Waals surface area contributed by atoms with E-state index in [0.29, 0.717) is 0 Å². The molecule has 1 aromatic rings. The van der Waals surface area contributed by atoms with Gasteiger partial charge in [-0.2, -0.15) is 0 Å². The average Bonchev–Trinajstić information content (AvgIpc) is 2.05. The van der Waals surface area contributed by atoms with E-state index in [1.807, 2.05) is 12.1 Å². The number of hydrogen-bond acceptors (Lipinski definition) is 3. The van der Waals surface area contributed by atoms with Crippen molar-refractivity contribution >= 4 is 17.9 Å². The molecule has 1 aromatic carbocycles. The van der Waals surface area contributed by atoms with Crippen LogP contribution in [-0.2, 0) is 11.2 Å². The normalized spacial score (nSPS) is 9.75. The minimum absolute atomic E-state index is 0.0650. The molecule has 0 aliphatic rings. The number of carboxylic acid groups (broad SMARTS) is 1. The van der Waals surface area contributed by atoms with Crippen LogP contribution in [0, 0.1) is 0 Å². The molecule has 0 unspecified atom stereocenters. The molecule has 0 spiro atoms. The van der Waals surface area contributed by atoms with Crippen LogP contribution in [0.4, 0.5) is 0 Å². The fourth-order valence-corrected chi connectivity index (χ4v) is 1.15. The van der Waals surface area contributed by atoms with Crippen molar-refractivity contribution < 1.29 is 9.90 Å². The highest BCUT2D eigenvalue weighted by Gasteiger charge is 1.99. The van der Waals surface area contributed by atoms with Crippen molar-refractivity contribution in [1.29, 1.82) is 0 Å². The van der Waals surface area contributed by atoms with Gasteiger partial charge in [-0.15, -0.1) is 0 Å². The second-order valence-corrected chi connectivity index (χ2v) is 3.04. The van der Waals surface area contributed by atoms with Crippen molar-refractivity contribution in [3.63, 3.8) is 0 Å². The van der Waals surface area contributed by atoms with E-state index in [2.05, 4.69) is 0 Å². The Morgan fingerprint density at radius 2 is 2.00 bits per heavy atom. The molecule has 0 aliphatic carbocycles. The zero-order valence-corrected chi connectivity index (χ0v) is 7.17. The second-order valence-electron chi connectivity index (χ2n) is 2.33. The van der Waals surface area contributed by atoms with Crippen LogP contribution < -0.4 is 5.14 Å². The van der Waals surface area contributed by atoms with Gasteiger partial charge in [0.05, 0.1) is 6.42 Å². The van der Waals surface area contributed by atoms with E-state index in [0.717, 1.165) is 22.4 Å². The first kappa shape index (κ1) is 9.09. The van der Waals surface area contributed by atoms with Gasteiger partial charge in [-0.25, -0.2) is 0 Å². The monoisotopic (exact) mass is 183 g/mol. The van der Waals surface area contributed by atoms with Crippen LogP contribution in [-0.4, -0.2) is 11.1 Å². The van der Waals surface area contributed by atoms with E-state index < -0.39 is 5.97 Å². The van der Waals surface area contributed by atoms with Crippen molar-refractivity contribution in [2.24, 2.45) is 5.14 Å². The summed E-state index contributed by atoms with van der Waals surface area (Å²) in [5.74, 6) is -0.817. The molecule has 0 fully saturated rings. The van der Waals surface area contributed by atoms with Crippen molar-refractivity contribution in [3.05, 3.63) is 29.8 Å². The fraction of sp³-hybridized carbons (Fsp3) is 0.125. The molecule has 0 amide bonds. The average molecular weight is 183 g/mol. The largest absolute Gasteiger partial charge is 0.481 e. The maximum Gasteiger partial charge on any atom is 0.307 e. The number of carbonyl (C=O) groups is 1. The Hall–Kier alpha value is -1.00. The van der Waals surface area contributed by atoms with E-state index in [9.17, 15) is 4.79 Å². The van der Waals surface area contributed by atoms with Crippen LogP contribution in [0.5, 0.6) is 0 Å². The summed E-state index contributed by atoms with van der Waals surface area (Å²) in [6.07, 6.45) is 0.0650. The van der Waals surface area contributed by atoms with Crippen LogP contribution in [0.3, 0.4) is 0 Å². The molecule has 0 atom stereocenters. The van der Waals surface area contributed by atoms with Gasteiger partial charge in [0.2, 0.25) is 0 Å². The molecule has 12 heavy (non-hydrogen) atoms. The summed E-state index contributed by atoms with van der Waals surface area (Å²) >= 11 is 1.15. The van der Waals surface area contributed by atoms with Crippen LogP contribution in [0.1, 0.15) is 5.56 Å². The summed E-state index contributed by atoms with van der Waals surface area (Å²) < 4.78 is 0. The Morgan fingerprint density at radius 1 is 1.42 bits per heavy atom. The van der Waals surface area contributed by atoms with Crippen LogP contribution in [0.25, 0.3) is 0 Å². The first-order chi connectivity index (χ1) is 5.72. The third kappa shape index (κ3) is 2.56. The predicted molar refractivity (Wildman–Crippen MR) is 47.8 cm³/mol. The lowest BCUT2D eigenvalue weighted by molar-refractivity contribution is -0.136. The Kier molecular flexibility index (Phi) is 3.13. The number of benzene rings is 1. The van der Waals surface area contributed by atoms with Gasteiger partial charge in [0.25, 0.3) is 0 Å². The quantitative estimate of drug-likeness (QED) is 0.693. The first-order valence-corrected chi connectivity index (χ1v) is 4.28. The highest BCUT2D eigenvalue weighted by molar-refractivity contribution is 7.97. The summed E-state index contributed by atoms with van der Waals surface area (Å²) in [6.45, 7) is 0. The Morgan fingerprint density at radius 3 is 2.42 bits per heavy atom. The van der Waals surface area contributed by atoms with Crippen molar-refractivity contribution in [2.75, 3.05) is 0 Å². The lowest BCUT2D eigenvalue weighted by Gasteiger charge is -1.97. The highest BCUT2D eigenvalue weighted by atomic mass is 32.2. The van der Waals surface area contributed by atoms with Crippen LogP contribution in [0.2, 0.25) is 0 Å². The van der Waals surface area contributed by atoms with Gasteiger partial charge in [-0.1, -0.05) is 12.1 Å². The molecule has 0 heterocycles. The number of rotatable bonds is 3. The Labute approximate surface area is 74.7 Å². The highest BCUT2D eigenvalue weighted by Crippen LogP contribution is 2.12. The van der Waals surface area contributed by atoms with Gasteiger partial charge in [0, 0.05) is 4.90 Å². The smallest absolute Gasteiger partial charge is 0.307 e. The Bertz CT molecular complexity index is 271. The van der Waals surface area contributed by atoms with E-state index >= 15 is 0 Å². The van der Waals surface area contributed by atoms with Gasteiger partial charge in [-0.05, 0) is 29.6 Å². The zero-order chi connectivity index (χ0) is 8.97. The fourth-order valence-electron chi connectivity index (χ4n) is 0.860. The standard InChI is InChI=1S/C8H9NO2S/c9-12-7-3-1-6(2-4-7)5-8(10)11/h1-4H,5,9H2,(H,10,11). The summed E-state index contributed by atoms with van der Waals surface area (Å²) in [7, 11) is 0. The predicted octanol–water partition coefficient (Wildman–Crippen LogP) is 1.28. The number of nitrogens with two attached hydrogens (primary N) is 1. The molecule has 0 saturated heterocycles. The van der Waals surface area contributed by atoms with Crippen LogP contribution >= 0.6 is 11.9 Å². The van der Waals surface area contributed by atoms with Crippen molar-refractivity contribution in [1.82, 2.24) is 0 Å². The third-order valence-corrected chi connectivity index (χ3v) is 1.96. The maximum atomic E-state index is 10.3. The van der Waals surface area contributed by atoms with E-state index in [4.69, 9.17) is 10.2 Å². The van der Waals surface area contributed by atoms with E-state index in [1.165, 1.54) is 0 Å². The minimum atomic E-state index is -0.817. The molecule has 3 N–H and O–H groups in total. The molecule has 4 heteroatoms. The number of hydrogen-bond donors (Lipinski definition) is 2. The molecule has 64 valence electrons. The summed E-state index contributed by atoms with van der Waals surface area (Å²) in [6, 6.07) is 7.15. The van der Waals surface area contributed by atoms with Crippen molar-refractivity contribution in [3.8, 4) is 0 Å². The van der Waals surface area contributed by atoms with Gasteiger partial charge in [0.1, 0.15) is 0 Å². The molecule has 0 aliphatic heterocycles. The topological polar surface area (TPSA) is 63.3 Å². The lowest BCUT2D eigenvalue weighted by atomic mass is 10.2. The third-order valence-electron chi connectivity index (χ3n) is 1.41. The molecule has 3 nitrogen and oxygen atoms in total. The van der Waals surface area contributed by atoms with Gasteiger partial charge in [0.15, 0.2) is 0 Å². The van der Waals surface area contributed by atoms with Crippen LogP contribution in [0.15, 0.2) is 29.2 Å². The molecule has 1 rings (SSSR count). The maximum absolute atomic E-state index is 10.3. The summed E-state index contributed by atoms with van der Waals surface area (Å²) in [4.78, 5) is 11.2. The number of aliphatic carboxylic acids is 1. The second kappa shape index (κ2) is 4.13. The molecule has 0 bridgehead atoms. The molecule has 0 aromatic heterocycles.